The van der Waals surface area contributed by atoms with Crippen LogP contribution < -0.4 is 0 Å². The SMILES string of the molecule is C=C(CCC)c1cc2ccc3cc(C)cc4cc(C)c(c1)c2c34. The second-order valence-corrected chi connectivity index (χ2v) is 6.82. The van der Waals surface area contributed by atoms with Gasteiger partial charge in [0.05, 0.1) is 0 Å². The first-order valence-electron chi connectivity index (χ1n) is 8.46. The Bertz CT molecular complexity index is 1050. The maximum atomic E-state index is 4.29. The van der Waals surface area contributed by atoms with Gasteiger partial charge >= 0.3 is 0 Å². The zero-order valence-electron chi connectivity index (χ0n) is 14.2. The fourth-order valence-electron chi connectivity index (χ4n) is 3.90. The Kier molecular flexibility index (Phi) is 3.16. The van der Waals surface area contributed by atoms with Crippen molar-refractivity contribution in [3.8, 4) is 0 Å². The molecule has 4 rings (SSSR count). The van der Waals surface area contributed by atoms with Crippen LogP contribution in [0.4, 0.5) is 0 Å². The van der Waals surface area contributed by atoms with Crippen LogP contribution in [0.2, 0.25) is 0 Å². The molecule has 0 aliphatic rings. The number of aryl methyl sites for hydroxylation is 2. The number of allylic oxidation sites excluding steroid dienone is 1. The lowest BCUT2D eigenvalue weighted by Crippen LogP contribution is -1.91. The quantitative estimate of drug-likeness (QED) is 0.357. The van der Waals surface area contributed by atoms with Gasteiger partial charge in [-0.15, -0.1) is 0 Å². The highest BCUT2D eigenvalue weighted by atomic mass is 14.2. The summed E-state index contributed by atoms with van der Waals surface area (Å²) >= 11 is 0. The van der Waals surface area contributed by atoms with Crippen LogP contribution in [0.1, 0.15) is 36.5 Å². The van der Waals surface area contributed by atoms with Crippen molar-refractivity contribution in [2.45, 2.75) is 33.6 Å². The van der Waals surface area contributed by atoms with E-state index >= 15 is 0 Å². The van der Waals surface area contributed by atoms with E-state index in [-0.39, 0.29) is 0 Å². The summed E-state index contributed by atoms with van der Waals surface area (Å²) < 4.78 is 0. The molecule has 0 fully saturated rings. The van der Waals surface area contributed by atoms with Gasteiger partial charge in [0.15, 0.2) is 0 Å². The van der Waals surface area contributed by atoms with E-state index in [4.69, 9.17) is 0 Å². The summed E-state index contributed by atoms with van der Waals surface area (Å²) in [5.41, 5.74) is 5.21. The van der Waals surface area contributed by atoms with Crippen LogP contribution in [-0.2, 0) is 0 Å². The minimum Gasteiger partial charge on any atom is -0.0952 e. The van der Waals surface area contributed by atoms with Gasteiger partial charge in [0.25, 0.3) is 0 Å². The minimum absolute atomic E-state index is 1.06. The molecule has 0 saturated carbocycles. The van der Waals surface area contributed by atoms with E-state index in [1.54, 1.807) is 0 Å². The molecule has 4 aromatic carbocycles. The molecule has 0 unspecified atom stereocenters. The fraction of sp³-hybridized carbons (Fsp3) is 0.217. The molecule has 0 aliphatic carbocycles. The predicted molar refractivity (Wildman–Crippen MR) is 104 cm³/mol. The molecule has 0 N–H and O–H groups in total. The zero-order chi connectivity index (χ0) is 16.1. The van der Waals surface area contributed by atoms with E-state index in [9.17, 15) is 0 Å². The van der Waals surface area contributed by atoms with Gasteiger partial charge in [-0.1, -0.05) is 50.3 Å². The Balaban J connectivity index is 2.15. The molecule has 0 bridgehead atoms. The van der Waals surface area contributed by atoms with Gasteiger partial charge in [0.2, 0.25) is 0 Å². The van der Waals surface area contributed by atoms with Gasteiger partial charge in [-0.2, -0.15) is 0 Å². The third kappa shape index (κ3) is 2.13. The van der Waals surface area contributed by atoms with Gasteiger partial charge in [-0.3, -0.25) is 0 Å². The van der Waals surface area contributed by atoms with E-state index in [1.807, 2.05) is 0 Å². The van der Waals surface area contributed by atoms with Crippen LogP contribution in [0.15, 0.2) is 49.0 Å². The van der Waals surface area contributed by atoms with Crippen LogP contribution in [0.5, 0.6) is 0 Å². The summed E-state index contributed by atoms with van der Waals surface area (Å²) in [6.07, 6.45) is 2.20. The molecule has 0 amide bonds. The van der Waals surface area contributed by atoms with Crippen molar-refractivity contribution in [1.82, 2.24) is 0 Å². The predicted octanol–water partition coefficient (Wildman–Crippen LogP) is 7.01. The van der Waals surface area contributed by atoms with Crippen LogP contribution >= 0.6 is 0 Å². The molecule has 0 radical (unpaired) electrons. The average molecular weight is 298 g/mol. The Morgan fingerprint density at radius 1 is 0.870 bits per heavy atom. The standard InChI is InChI=1S/C23H22/c1-5-6-15(3)19-12-18-8-7-17-9-14(2)10-20-11-16(4)21(13-19)23(18)22(17)20/h7-13H,3,5-6H2,1-2,4H3. The minimum atomic E-state index is 1.06. The summed E-state index contributed by atoms with van der Waals surface area (Å²) in [4.78, 5) is 0. The first kappa shape index (κ1) is 14.3. The summed E-state index contributed by atoms with van der Waals surface area (Å²) in [7, 11) is 0. The highest BCUT2D eigenvalue weighted by Crippen LogP contribution is 2.38. The van der Waals surface area contributed by atoms with Gasteiger partial charge in [0.1, 0.15) is 0 Å². The van der Waals surface area contributed by atoms with Crippen molar-refractivity contribution < 1.29 is 0 Å². The molecule has 114 valence electrons. The number of hydrogen-bond donors (Lipinski definition) is 0. The maximum Gasteiger partial charge on any atom is -0.00237 e. The number of hydrogen-bond acceptors (Lipinski definition) is 0. The lowest BCUT2D eigenvalue weighted by atomic mass is 9.88. The van der Waals surface area contributed by atoms with Crippen LogP contribution in [0.3, 0.4) is 0 Å². The van der Waals surface area contributed by atoms with Crippen molar-refractivity contribution >= 4 is 37.9 Å². The lowest BCUT2D eigenvalue weighted by molar-refractivity contribution is 0.976. The summed E-state index contributed by atoms with van der Waals surface area (Å²) in [5.74, 6) is 0. The molecule has 0 nitrogen and oxygen atoms in total. The van der Waals surface area contributed by atoms with Crippen molar-refractivity contribution in [3.63, 3.8) is 0 Å². The topological polar surface area (TPSA) is 0 Å². The third-order valence-electron chi connectivity index (χ3n) is 4.96. The smallest absolute Gasteiger partial charge is 0.00237 e. The average Bonchev–Trinajstić information content (AvgIpc) is 2.52. The lowest BCUT2D eigenvalue weighted by Gasteiger charge is -2.16. The van der Waals surface area contributed by atoms with Crippen molar-refractivity contribution in [1.29, 1.82) is 0 Å². The van der Waals surface area contributed by atoms with Gasteiger partial charge < -0.3 is 0 Å². The van der Waals surface area contributed by atoms with Gasteiger partial charge in [-0.05, 0) is 87.0 Å². The molecular formula is C23H22. The van der Waals surface area contributed by atoms with Gasteiger partial charge in [-0.25, -0.2) is 0 Å². The fourth-order valence-corrected chi connectivity index (χ4v) is 3.90. The molecule has 0 aromatic heterocycles. The highest BCUT2D eigenvalue weighted by Gasteiger charge is 2.12. The second kappa shape index (κ2) is 5.09. The van der Waals surface area contributed by atoms with E-state index < -0.39 is 0 Å². The van der Waals surface area contributed by atoms with Crippen molar-refractivity contribution in [2.24, 2.45) is 0 Å². The summed E-state index contributed by atoms with van der Waals surface area (Å²) in [6, 6.07) is 16.1. The molecule has 0 aliphatic heterocycles. The van der Waals surface area contributed by atoms with Crippen molar-refractivity contribution in [2.75, 3.05) is 0 Å². The molecule has 0 saturated heterocycles. The molecular weight excluding hydrogens is 276 g/mol. The molecule has 23 heavy (non-hydrogen) atoms. The van der Waals surface area contributed by atoms with Crippen LogP contribution in [-0.4, -0.2) is 0 Å². The first-order valence-corrected chi connectivity index (χ1v) is 8.46. The van der Waals surface area contributed by atoms with Crippen LogP contribution in [0.25, 0.3) is 37.9 Å². The number of rotatable bonds is 3. The maximum absolute atomic E-state index is 4.29. The Morgan fingerprint density at radius 3 is 2.30 bits per heavy atom. The second-order valence-electron chi connectivity index (χ2n) is 6.82. The van der Waals surface area contributed by atoms with Gasteiger partial charge in [0, 0.05) is 0 Å². The van der Waals surface area contributed by atoms with Crippen LogP contribution in [0, 0.1) is 13.8 Å². The Morgan fingerprint density at radius 2 is 1.57 bits per heavy atom. The largest absolute Gasteiger partial charge is 0.0952 e. The number of benzene rings is 4. The molecule has 0 atom stereocenters. The van der Waals surface area contributed by atoms with E-state index in [0.29, 0.717) is 0 Å². The molecule has 0 spiro atoms. The Hall–Kier alpha value is -2.34. The molecule has 0 heterocycles. The monoisotopic (exact) mass is 298 g/mol. The zero-order valence-corrected chi connectivity index (χ0v) is 14.2. The normalized spacial score (nSPS) is 11.8. The van der Waals surface area contributed by atoms with E-state index in [0.717, 1.165) is 12.8 Å². The van der Waals surface area contributed by atoms with Crippen molar-refractivity contribution in [3.05, 3.63) is 65.7 Å². The first-order chi connectivity index (χ1) is 11.1. The molecule has 0 heteroatoms. The molecule has 4 aromatic rings. The van der Waals surface area contributed by atoms with E-state index in [2.05, 4.69) is 69.8 Å². The third-order valence-corrected chi connectivity index (χ3v) is 4.96. The highest BCUT2D eigenvalue weighted by molar-refractivity contribution is 6.24. The van der Waals surface area contributed by atoms with E-state index in [1.165, 1.54) is 54.6 Å². The summed E-state index contributed by atoms with van der Waals surface area (Å²) in [5, 5.41) is 8.22. The summed E-state index contributed by atoms with van der Waals surface area (Å²) in [6.45, 7) is 10.9. The Labute approximate surface area is 137 Å².